The summed E-state index contributed by atoms with van der Waals surface area (Å²) < 4.78 is 6.29. The Balaban J connectivity index is 2.48. The molecule has 1 aliphatic heterocycles. The molecule has 1 N–H and O–H groups in total. The highest BCUT2D eigenvalue weighted by molar-refractivity contribution is 14.1. The predicted molar refractivity (Wildman–Crippen MR) is 92.1 cm³/mol. The Labute approximate surface area is 143 Å². The molecule has 1 aromatic rings. The Kier molecular flexibility index (Phi) is 5.44. The number of allylic oxidation sites excluding steroid dienone is 1. The van der Waals surface area contributed by atoms with Crippen molar-refractivity contribution in [3.8, 4) is 0 Å². The van der Waals surface area contributed by atoms with Gasteiger partial charge in [0.2, 0.25) is 0 Å². The van der Waals surface area contributed by atoms with Gasteiger partial charge in [0, 0.05) is 16.3 Å². The first-order valence-electron chi connectivity index (χ1n) is 7.13. The van der Waals surface area contributed by atoms with Crippen LogP contribution in [0.2, 0.25) is 0 Å². The zero-order valence-corrected chi connectivity index (χ0v) is 15.0. The minimum absolute atomic E-state index is 0.228. The van der Waals surface area contributed by atoms with E-state index in [0.29, 0.717) is 17.9 Å². The molecule has 1 atom stereocenters. The SMILES string of the molecule is CCCOC(=O)C1=C(C)N(C)C(=O)N[C@H]1c1ccccc1I. The fourth-order valence-electron chi connectivity index (χ4n) is 2.31. The second-order valence-electron chi connectivity index (χ2n) is 5.10. The summed E-state index contributed by atoms with van der Waals surface area (Å²) in [5, 5.41) is 2.88. The van der Waals surface area contributed by atoms with Crippen molar-refractivity contribution in [2.75, 3.05) is 13.7 Å². The number of carbonyl (C=O) groups is 2. The van der Waals surface area contributed by atoms with Gasteiger partial charge < -0.3 is 15.0 Å². The van der Waals surface area contributed by atoms with E-state index in [9.17, 15) is 9.59 Å². The van der Waals surface area contributed by atoms with Crippen LogP contribution >= 0.6 is 22.6 Å². The Hall–Kier alpha value is -1.57. The van der Waals surface area contributed by atoms with E-state index < -0.39 is 6.04 Å². The van der Waals surface area contributed by atoms with Crippen molar-refractivity contribution >= 4 is 34.6 Å². The lowest BCUT2D eigenvalue weighted by molar-refractivity contribution is -0.139. The van der Waals surface area contributed by atoms with Gasteiger partial charge in [-0.2, -0.15) is 0 Å². The van der Waals surface area contributed by atoms with Crippen LogP contribution in [-0.4, -0.2) is 30.6 Å². The summed E-state index contributed by atoms with van der Waals surface area (Å²) >= 11 is 2.20. The zero-order chi connectivity index (χ0) is 16.3. The minimum atomic E-state index is -0.485. The van der Waals surface area contributed by atoms with Crippen LogP contribution < -0.4 is 5.32 Å². The Morgan fingerprint density at radius 2 is 2.09 bits per heavy atom. The van der Waals surface area contributed by atoms with Crippen LogP contribution in [0.4, 0.5) is 4.79 Å². The molecule has 1 aromatic carbocycles. The number of nitrogens with one attached hydrogen (secondary N) is 1. The van der Waals surface area contributed by atoms with Crippen molar-refractivity contribution in [2.24, 2.45) is 0 Å². The molecular formula is C16H19IN2O3. The second-order valence-corrected chi connectivity index (χ2v) is 6.26. The van der Waals surface area contributed by atoms with Crippen molar-refractivity contribution < 1.29 is 14.3 Å². The van der Waals surface area contributed by atoms with Crippen LogP contribution in [0, 0.1) is 3.57 Å². The van der Waals surface area contributed by atoms with E-state index in [1.54, 1.807) is 14.0 Å². The number of nitrogens with zero attached hydrogens (tertiary/aromatic N) is 1. The number of esters is 1. The number of hydrogen-bond acceptors (Lipinski definition) is 3. The minimum Gasteiger partial charge on any atom is -0.462 e. The maximum absolute atomic E-state index is 12.5. The number of halogens is 1. The molecule has 0 fully saturated rings. The number of hydrogen-bond donors (Lipinski definition) is 1. The molecule has 22 heavy (non-hydrogen) atoms. The van der Waals surface area contributed by atoms with E-state index in [1.165, 1.54) is 4.90 Å². The highest BCUT2D eigenvalue weighted by Crippen LogP contribution is 2.32. The second kappa shape index (κ2) is 7.13. The van der Waals surface area contributed by atoms with Gasteiger partial charge in [-0.3, -0.25) is 0 Å². The molecule has 2 amide bonds. The maximum Gasteiger partial charge on any atom is 0.338 e. The Bertz CT molecular complexity index is 628. The molecule has 0 aromatic heterocycles. The van der Waals surface area contributed by atoms with Crippen molar-refractivity contribution in [3.05, 3.63) is 44.7 Å². The summed E-state index contributed by atoms with van der Waals surface area (Å²) in [6.07, 6.45) is 0.758. The lowest BCUT2D eigenvalue weighted by Crippen LogP contribution is -2.46. The quantitative estimate of drug-likeness (QED) is 0.608. The lowest BCUT2D eigenvalue weighted by atomic mass is 9.95. The third-order valence-electron chi connectivity index (χ3n) is 3.63. The average Bonchev–Trinajstić information content (AvgIpc) is 2.50. The smallest absolute Gasteiger partial charge is 0.338 e. The number of ether oxygens (including phenoxy) is 1. The lowest BCUT2D eigenvalue weighted by Gasteiger charge is -2.33. The number of rotatable bonds is 4. The summed E-state index contributed by atoms with van der Waals surface area (Å²) in [4.78, 5) is 26.0. The first-order valence-corrected chi connectivity index (χ1v) is 8.21. The molecule has 0 unspecified atom stereocenters. The molecular weight excluding hydrogens is 395 g/mol. The van der Waals surface area contributed by atoms with Gasteiger partial charge in [-0.25, -0.2) is 9.59 Å². The molecule has 118 valence electrons. The van der Waals surface area contributed by atoms with Gasteiger partial charge in [0.15, 0.2) is 0 Å². The highest BCUT2D eigenvalue weighted by atomic mass is 127. The van der Waals surface area contributed by atoms with Gasteiger partial charge in [-0.05, 0) is 47.6 Å². The fourth-order valence-corrected chi connectivity index (χ4v) is 3.01. The number of carbonyl (C=O) groups excluding carboxylic acids is 2. The third kappa shape index (κ3) is 3.26. The Morgan fingerprint density at radius 3 is 2.73 bits per heavy atom. The zero-order valence-electron chi connectivity index (χ0n) is 12.9. The fraction of sp³-hybridized carbons (Fsp3) is 0.375. The molecule has 1 heterocycles. The Morgan fingerprint density at radius 1 is 1.41 bits per heavy atom. The maximum atomic E-state index is 12.5. The molecule has 0 bridgehead atoms. The first-order chi connectivity index (χ1) is 10.5. The van der Waals surface area contributed by atoms with Crippen molar-refractivity contribution in [3.63, 3.8) is 0 Å². The molecule has 0 aliphatic carbocycles. The van der Waals surface area contributed by atoms with Crippen LogP contribution in [0.25, 0.3) is 0 Å². The van der Waals surface area contributed by atoms with Crippen molar-refractivity contribution in [2.45, 2.75) is 26.3 Å². The normalized spacial score (nSPS) is 18.3. The molecule has 6 heteroatoms. The molecule has 0 saturated carbocycles. The molecule has 0 radical (unpaired) electrons. The van der Waals surface area contributed by atoms with Gasteiger partial charge in [0.25, 0.3) is 0 Å². The molecule has 0 saturated heterocycles. The summed E-state index contributed by atoms with van der Waals surface area (Å²) in [6, 6.07) is 6.97. The van der Waals surface area contributed by atoms with Crippen molar-refractivity contribution in [1.29, 1.82) is 0 Å². The van der Waals surface area contributed by atoms with Crippen LogP contribution in [0.5, 0.6) is 0 Å². The van der Waals surface area contributed by atoms with E-state index in [-0.39, 0.29) is 12.0 Å². The number of amides is 2. The van der Waals surface area contributed by atoms with Crippen molar-refractivity contribution in [1.82, 2.24) is 10.2 Å². The van der Waals surface area contributed by atoms with Crippen LogP contribution in [0.1, 0.15) is 31.9 Å². The van der Waals surface area contributed by atoms with Gasteiger partial charge in [-0.15, -0.1) is 0 Å². The van der Waals surface area contributed by atoms with Crippen LogP contribution in [0.15, 0.2) is 35.5 Å². The average molecular weight is 414 g/mol. The van der Waals surface area contributed by atoms with E-state index in [0.717, 1.165) is 15.6 Å². The number of benzene rings is 1. The van der Waals surface area contributed by atoms with Crippen LogP contribution in [-0.2, 0) is 9.53 Å². The van der Waals surface area contributed by atoms with E-state index >= 15 is 0 Å². The van der Waals surface area contributed by atoms with Gasteiger partial charge in [0.1, 0.15) is 0 Å². The van der Waals surface area contributed by atoms with Gasteiger partial charge >= 0.3 is 12.0 Å². The largest absolute Gasteiger partial charge is 0.462 e. The first kappa shape index (κ1) is 16.8. The summed E-state index contributed by atoms with van der Waals surface area (Å²) in [6.45, 7) is 4.08. The molecule has 5 nitrogen and oxygen atoms in total. The van der Waals surface area contributed by atoms with E-state index in [4.69, 9.17) is 4.74 Å². The molecule has 1 aliphatic rings. The van der Waals surface area contributed by atoms with Gasteiger partial charge in [0.05, 0.1) is 18.2 Å². The molecule has 2 rings (SSSR count). The van der Waals surface area contributed by atoms with E-state index in [2.05, 4.69) is 27.9 Å². The third-order valence-corrected chi connectivity index (χ3v) is 4.61. The number of urea groups is 1. The topological polar surface area (TPSA) is 58.6 Å². The monoisotopic (exact) mass is 414 g/mol. The summed E-state index contributed by atoms with van der Waals surface area (Å²) in [5.41, 5.74) is 2.00. The van der Waals surface area contributed by atoms with Gasteiger partial charge in [-0.1, -0.05) is 25.1 Å². The predicted octanol–water partition coefficient (Wildman–Crippen LogP) is 3.21. The summed E-state index contributed by atoms with van der Waals surface area (Å²) in [7, 11) is 1.64. The van der Waals surface area contributed by atoms with E-state index in [1.807, 2.05) is 31.2 Å². The summed E-state index contributed by atoms with van der Waals surface area (Å²) in [5.74, 6) is -0.379. The molecule has 0 spiro atoms. The standard InChI is InChI=1S/C16H19IN2O3/c1-4-9-22-15(20)13-10(2)19(3)16(21)18-14(13)11-7-5-6-8-12(11)17/h5-8,14H,4,9H2,1-3H3,(H,18,21)/t14-/m0/s1. The highest BCUT2D eigenvalue weighted by Gasteiger charge is 2.35. The van der Waals surface area contributed by atoms with Crippen LogP contribution in [0.3, 0.4) is 0 Å².